The fourth-order valence-corrected chi connectivity index (χ4v) is 3.97. The summed E-state index contributed by atoms with van der Waals surface area (Å²) in [5.74, 6) is -0.271. The van der Waals surface area contributed by atoms with Gasteiger partial charge in [0.15, 0.2) is 0 Å². The van der Waals surface area contributed by atoms with Crippen molar-refractivity contribution in [2.24, 2.45) is 0 Å². The predicted octanol–water partition coefficient (Wildman–Crippen LogP) is 1.89. The van der Waals surface area contributed by atoms with Gasteiger partial charge in [0, 0.05) is 18.7 Å². The summed E-state index contributed by atoms with van der Waals surface area (Å²) in [6, 6.07) is 10.4. The fraction of sp³-hybridized carbons (Fsp3) is 0.222. The molecule has 0 atom stereocenters. The van der Waals surface area contributed by atoms with Crippen molar-refractivity contribution in [2.45, 2.75) is 18.7 Å². The van der Waals surface area contributed by atoms with E-state index in [1.807, 2.05) is 13.0 Å². The summed E-state index contributed by atoms with van der Waals surface area (Å²) < 4.78 is 27.3. The fourth-order valence-electron chi connectivity index (χ4n) is 2.61. The third-order valence-electron chi connectivity index (χ3n) is 4.02. The lowest BCUT2D eigenvalue weighted by Crippen LogP contribution is -2.35. The summed E-state index contributed by atoms with van der Waals surface area (Å²) in [7, 11) is -3.61. The first-order chi connectivity index (χ1) is 12.4. The van der Waals surface area contributed by atoms with Crippen LogP contribution in [0.5, 0.6) is 0 Å². The van der Waals surface area contributed by atoms with Gasteiger partial charge in [0.25, 0.3) is 5.91 Å². The van der Waals surface area contributed by atoms with Crippen molar-refractivity contribution in [3.63, 3.8) is 0 Å². The van der Waals surface area contributed by atoms with Crippen molar-refractivity contribution in [2.75, 3.05) is 13.1 Å². The van der Waals surface area contributed by atoms with E-state index in [1.165, 1.54) is 0 Å². The zero-order chi connectivity index (χ0) is 18.7. The standard InChI is InChI=1S/C18H20N4O3S/c1-12-3-4-13(2)17(9-12)26(24,25)22-8-7-19-18(23)14-5-6-15-16(10-14)21-11-20-15/h3-6,9-11,22H,7-8H2,1-2H3,(H,19,23)(H,20,21). The Morgan fingerprint density at radius 1 is 1.12 bits per heavy atom. The minimum atomic E-state index is -3.61. The first kappa shape index (κ1) is 18.1. The van der Waals surface area contributed by atoms with Crippen LogP contribution >= 0.6 is 0 Å². The number of hydrogen-bond donors (Lipinski definition) is 3. The van der Waals surface area contributed by atoms with Crippen molar-refractivity contribution < 1.29 is 13.2 Å². The van der Waals surface area contributed by atoms with Crippen molar-refractivity contribution in [3.05, 3.63) is 59.4 Å². The van der Waals surface area contributed by atoms with Gasteiger partial charge >= 0.3 is 0 Å². The lowest BCUT2D eigenvalue weighted by atomic mass is 10.2. The Morgan fingerprint density at radius 3 is 2.73 bits per heavy atom. The second kappa shape index (κ2) is 7.27. The second-order valence-electron chi connectivity index (χ2n) is 6.06. The largest absolute Gasteiger partial charge is 0.351 e. The van der Waals surface area contributed by atoms with E-state index in [2.05, 4.69) is 20.0 Å². The summed E-state index contributed by atoms with van der Waals surface area (Å²) in [6.07, 6.45) is 1.56. The highest BCUT2D eigenvalue weighted by atomic mass is 32.2. The number of nitrogens with zero attached hydrogens (tertiary/aromatic N) is 1. The number of imidazole rings is 1. The summed E-state index contributed by atoms with van der Waals surface area (Å²) in [5, 5.41) is 2.71. The van der Waals surface area contributed by atoms with E-state index < -0.39 is 10.0 Å². The van der Waals surface area contributed by atoms with Gasteiger partial charge in [-0.25, -0.2) is 18.1 Å². The average Bonchev–Trinajstić information content (AvgIpc) is 3.08. The molecule has 3 N–H and O–H groups in total. The topological polar surface area (TPSA) is 104 Å². The molecule has 3 rings (SSSR count). The van der Waals surface area contributed by atoms with Gasteiger partial charge in [-0.2, -0.15) is 0 Å². The minimum Gasteiger partial charge on any atom is -0.351 e. The van der Waals surface area contributed by atoms with Crippen molar-refractivity contribution in [1.82, 2.24) is 20.0 Å². The molecule has 1 aromatic heterocycles. The molecule has 26 heavy (non-hydrogen) atoms. The Labute approximate surface area is 151 Å². The molecule has 1 amide bonds. The van der Waals surface area contributed by atoms with E-state index in [-0.39, 0.29) is 23.9 Å². The molecule has 0 radical (unpaired) electrons. The van der Waals surface area contributed by atoms with Gasteiger partial charge in [-0.1, -0.05) is 12.1 Å². The number of fused-ring (bicyclic) bond motifs is 1. The molecule has 0 saturated carbocycles. The molecule has 1 heterocycles. The van der Waals surface area contributed by atoms with Crippen molar-refractivity contribution in [3.8, 4) is 0 Å². The van der Waals surface area contributed by atoms with Crippen LogP contribution < -0.4 is 10.0 Å². The van der Waals surface area contributed by atoms with E-state index in [0.29, 0.717) is 11.1 Å². The molecule has 0 saturated heterocycles. The lowest BCUT2D eigenvalue weighted by molar-refractivity contribution is 0.0954. The van der Waals surface area contributed by atoms with Gasteiger partial charge in [-0.15, -0.1) is 0 Å². The number of carbonyl (C=O) groups is 1. The van der Waals surface area contributed by atoms with Crippen LogP contribution in [-0.4, -0.2) is 37.4 Å². The molecule has 0 unspecified atom stereocenters. The summed E-state index contributed by atoms with van der Waals surface area (Å²) >= 11 is 0. The van der Waals surface area contributed by atoms with Crippen LogP contribution in [0.25, 0.3) is 11.0 Å². The van der Waals surface area contributed by atoms with Crippen LogP contribution in [-0.2, 0) is 10.0 Å². The number of H-pyrrole nitrogens is 1. The predicted molar refractivity (Wildman–Crippen MR) is 99.5 cm³/mol. The Bertz CT molecular complexity index is 1060. The Balaban J connectivity index is 1.57. The molecule has 0 bridgehead atoms. The van der Waals surface area contributed by atoms with E-state index in [9.17, 15) is 13.2 Å². The first-order valence-corrected chi connectivity index (χ1v) is 9.63. The summed E-state index contributed by atoms with van der Waals surface area (Å²) in [4.78, 5) is 19.5. The Kier molecular flexibility index (Phi) is 5.06. The van der Waals surface area contributed by atoms with Crippen molar-refractivity contribution >= 4 is 27.0 Å². The van der Waals surface area contributed by atoms with Crippen LogP contribution in [0.1, 0.15) is 21.5 Å². The number of amides is 1. The van der Waals surface area contributed by atoms with Gasteiger partial charge in [0.1, 0.15) is 0 Å². The Morgan fingerprint density at radius 2 is 1.92 bits per heavy atom. The summed E-state index contributed by atoms with van der Waals surface area (Å²) in [6.45, 7) is 3.88. The van der Waals surface area contributed by atoms with Crippen LogP contribution in [0.3, 0.4) is 0 Å². The molecule has 8 heteroatoms. The van der Waals surface area contributed by atoms with E-state index in [0.717, 1.165) is 16.6 Å². The SMILES string of the molecule is Cc1ccc(C)c(S(=O)(=O)NCCNC(=O)c2ccc3nc[nH]c3c2)c1. The molecule has 136 valence electrons. The number of hydrogen-bond acceptors (Lipinski definition) is 4. The van der Waals surface area contributed by atoms with E-state index >= 15 is 0 Å². The highest BCUT2D eigenvalue weighted by molar-refractivity contribution is 7.89. The number of aromatic amines is 1. The average molecular weight is 372 g/mol. The zero-order valence-electron chi connectivity index (χ0n) is 14.5. The van der Waals surface area contributed by atoms with Gasteiger partial charge in [0.05, 0.1) is 22.3 Å². The molecule has 0 aliphatic heterocycles. The number of sulfonamides is 1. The van der Waals surface area contributed by atoms with Crippen LogP contribution in [0.15, 0.2) is 47.6 Å². The first-order valence-electron chi connectivity index (χ1n) is 8.15. The molecular formula is C18H20N4O3S. The second-order valence-corrected chi connectivity index (χ2v) is 7.79. The molecular weight excluding hydrogens is 352 g/mol. The highest BCUT2D eigenvalue weighted by Crippen LogP contribution is 2.16. The van der Waals surface area contributed by atoms with Gasteiger partial charge < -0.3 is 10.3 Å². The van der Waals surface area contributed by atoms with Gasteiger partial charge in [0.2, 0.25) is 10.0 Å². The van der Waals surface area contributed by atoms with Gasteiger partial charge in [-0.05, 0) is 49.2 Å². The van der Waals surface area contributed by atoms with Crippen LogP contribution in [0, 0.1) is 13.8 Å². The number of aryl methyl sites for hydroxylation is 2. The van der Waals surface area contributed by atoms with E-state index in [4.69, 9.17) is 0 Å². The highest BCUT2D eigenvalue weighted by Gasteiger charge is 2.16. The minimum absolute atomic E-state index is 0.105. The number of carbonyl (C=O) groups excluding carboxylic acids is 1. The smallest absolute Gasteiger partial charge is 0.251 e. The van der Waals surface area contributed by atoms with Crippen LogP contribution in [0.2, 0.25) is 0 Å². The normalized spacial score (nSPS) is 11.6. The van der Waals surface area contributed by atoms with Gasteiger partial charge in [-0.3, -0.25) is 4.79 Å². The maximum Gasteiger partial charge on any atom is 0.251 e. The lowest BCUT2D eigenvalue weighted by Gasteiger charge is -2.11. The van der Waals surface area contributed by atoms with Crippen LogP contribution in [0.4, 0.5) is 0 Å². The molecule has 0 aliphatic rings. The number of aromatic nitrogens is 2. The molecule has 3 aromatic rings. The third kappa shape index (κ3) is 3.92. The number of nitrogens with one attached hydrogen (secondary N) is 3. The summed E-state index contributed by atoms with van der Waals surface area (Å²) in [5.41, 5.74) is 3.59. The molecule has 7 nitrogen and oxygen atoms in total. The number of benzene rings is 2. The number of rotatable bonds is 6. The molecule has 0 spiro atoms. The van der Waals surface area contributed by atoms with E-state index in [1.54, 1.807) is 43.6 Å². The molecule has 0 fully saturated rings. The quantitative estimate of drug-likeness (QED) is 0.575. The third-order valence-corrected chi connectivity index (χ3v) is 5.62. The Hall–Kier alpha value is -2.71. The monoisotopic (exact) mass is 372 g/mol. The maximum absolute atomic E-state index is 12.4. The molecule has 0 aliphatic carbocycles. The zero-order valence-corrected chi connectivity index (χ0v) is 15.4. The van der Waals surface area contributed by atoms with Crippen molar-refractivity contribution in [1.29, 1.82) is 0 Å². The maximum atomic E-state index is 12.4. The molecule has 2 aromatic carbocycles.